The van der Waals surface area contributed by atoms with Crippen molar-refractivity contribution in [3.05, 3.63) is 88.4 Å². The molecule has 0 saturated carbocycles. The lowest BCUT2D eigenvalue weighted by molar-refractivity contribution is -0.115. The Labute approximate surface area is 189 Å². The second-order valence-corrected chi connectivity index (χ2v) is 8.91. The molecule has 0 aromatic heterocycles. The lowest BCUT2D eigenvalue weighted by Crippen LogP contribution is -2.24. The molecule has 154 valence electrons. The van der Waals surface area contributed by atoms with Crippen LogP contribution in [0.25, 0.3) is 0 Å². The van der Waals surface area contributed by atoms with Crippen molar-refractivity contribution < 1.29 is 9.59 Å². The number of hydrogen-bond donors (Lipinski definition) is 2. The Bertz CT molecular complexity index is 1050. The molecule has 0 spiro atoms. The zero-order valence-electron chi connectivity index (χ0n) is 16.8. The first-order chi connectivity index (χ1) is 14.5. The van der Waals surface area contributed by atoms with Crippen molar-refractivity contribution in [3.8, 4) is 0 Å². The zero-order chi connectivity index (χ0) is 21.5. The van der Waals surface area contributed by atoms with E-state index in [0.717, 1.165) is 20.6 Å². The Morgan fingerprint density at radius 2 is 1.70 bits per heavy atom. The highest BCUT2D eigenvalue weighted by Gasteiger charge is 2.19. The van der Waals surface area contributed by atoms with Gasteiger partial charge in [-0.3, -0.25) is 9.59 Å². The molecule has 0 heterocycles. The average molecular weight is 483 g/mol. The highest BCUT2D eigenvalue weighted by atomic mass is 79.9. The third kappa shape index (κ3) is 5.74. The molecule has 0 aliphatic heterocycles. The molecule has 30 heavy (non-hydrogen) atoms. The molecule has 3 rings (SSSR count). The van der Waals surface area contributed by atoms with Gasteiger partial charge in [0.15, 0.2) is 0 Å². The Morgan fingerprint density at radius 3 is 2.43 bits per heavy atom. The van der Waals surface area contributed by atoms with Crippen LogP contribution in [-0.4, -0.2) is 17.1 Å². The summed E-state index contributed by atoms with van der Waals surface area (Å²) in [5, 5.41) is 5.68. The van der Waals surface area contributed by atoms with Gasteiger partial charge in [0.05, 0.1) is 10.9 Å². The van der Waals surface area contributed by atoms with Gasteiger partial charge in [-0.1, -0.05) is 43.3 Å². The lowest BCUT2D eigenvalue weighted by atomic mass is 10.1. The fourth-order valence-corrected chi connectivity index (χ4v) is 4.33. The molecule has 3 aromatic rings. The van der Waals surface area contributed by atoms with Gasteiger partial charge < -0.3 is 10.6 Å². The van der Waals surface area contributed by atoms with Crippen molar-refractivity contribution >= 4 is 50.9 Å². The summed E-state index contributed by atoms with van der Waals surface area (Å²) in [6.07, 6.45) is 0.681. The predicted molar refractivity (Wildman–Crippen MR) is 128 cm³/mol. The van der Waals surface area contributed by atoms with Gasteiger partial charge in [0.1, 0.15) is 0 Å². The van der Waals surface area contributed by atoms with Gasteiger partial charge in [0, 0.05) is 20.6 Å². The van der Waals surface area contributed by atoms with Crippen LogP contribution in [0.3, 0.4) is 0 Å². The SMILES string of the molecule is CCC(Sc1cccc(NC(=O)c2ccccc2C)c1)C(=O)Nc1ccccc1Br. The van der Waals surface area contributed by atoms with Crippen LogP contribution < -0.4 is 10.6 Å². The van der Waals surface area contributed by atoms with E-state index in [2.05, 4.69) is 26.6 Å². The molecule has 6 heteroatoms. The van der Waals surface area contributed by atoms with Gasteiger partial charge in [-0.25, -0.2) is 0 Å². The summed E-state index contributed by atoms with van der Waals surface area (Å²) >= 11 is 4.94. The minimum Gasteiger partial charge on any atom is -0.324 e. The molecule has 0 saturated heterocycles. The van der Waals surface area contributed by atoms with Gasteiger partial charge in [-0.15, -0.1) is 11.8 Å². The standard InChI is InChI=1S/C24H23BrN2O2S/c1-3-22(24(29)27-21-14-7-6-13-20(21)25)30-18-11-8-10-17(15-18)26-23(28)19-12-5-4-9-16(19)2/h4-15,22H,3H2,1-2H3,(H,26,28)(H,27,29). The molecule has 4 nitrogen and oxygen atoms in total. The number of anilines is 2. The van der Waals surface area contributed by atoms with Crippen molar-refractivity contribution in [2.45, 2.75) is 30.4 Å². The first-order valence-electron chi connectivity index (χ1n) is 9.67. The van der Waals surface area contributed by atoms with Crippen LogP contribution >= 0.6 is 27.7 Å². The second-order valence-electron chi connectivity index (χ2n) is 6.78. The number of halogens is 1. The molecular weight excluding hydrogens is 460 g/mol. The number of aryl methyl sites for hydroxylation is 1. The molecule has 1 atom stereocenters. The van der Waals surface area contributed by atoms with Crippen LogP contribution in [0.5, 0.6) is 0 Å². The molecule has 0 bridgehead atoms. The van der Waals surface area contributed by atoms with Crippen molar-refractivity contribution in [1.82, 2.24) is 0 Å². The van der Waals surface area contributed by atoms with Gasteiger partial charge in [-0.05, 0) is 71.2 Å². The van der Waals surface area contributed by atoms with E-state index in [1.54, 1.807) is 0 Å². The number of benzene rings is 3. The summed E-state index contributed by atoms with van der Waals surface area (Å²) in [5.74, 6) is -0.197. The molecule has 0 aliphatic carbocycles. The Hall–Kier alpha value is -2.57. The van der Waals surface area contributed by atoms with E-state index in [1.807, 2.05) is 86.6 Å². The van der Waals surface area contributed by atoms with E-state index in [9.17, 15) is 9.59 Å². The number of amides is 2. The third-order valence-corrected chi connectivity index (χ3v) is 6.60. The maximum atomic E-state index is 12.8. The lowest BCUT2D eigenvalue weighted by Gasteiger charge is -2.16. The molecule has 0 aliphatic rings. The summed E-state index contributed by atoms with van der Waals surface area (Å²) in [6.45, 7) is 3.90. The van der Waals surface area contributed by atoms with E-state index in [-0.39, 0.29) is 17.1 Å². The van der Waals surface area contributed by atoms with Crippen LogP contribution in [0.15, 0.2) is 82.2 Å². The van der Waals surface area contributed by atoms with Crippen LogP contribution in [0.1, 0.15) is 29.3 Å². The number of nitrogens with one attached hydrogen (secondary N) is 2. The largest absolute Gasteiger partial charge is 0.324 e. The summed E-state index contributed by atoms with van der Waals surface area (Å²) in [4.78, 5) is 26.3. The van der Waals surface area contributed by atoms with Crippen molar-refractivity contribution in [3.63, 3.8) is 0 Å². The van der Waals surface area contributed by atoms with Crippen molar-refractivity contribution in [1.29, 1.82) is 0 Å². The maximum Gasteiger partial charge on any atom is 0.255 e. The molecule has 2 amide bonds. The number of hydrogen-bond acceptors (Lipinski definition) is 3. The summed E-state index contributed by atoms with van der Waals surface area (Å²) in [7, 11) is 0. The summed E-state index contributed by atoms with van der Waals surface area (Å²) in [6, 6.07) is 22.6. The van der Waals surface area contributed by atoms with E-state index >= 15 is 0 Å². The summed E-state index contributed by atoms with van der Waals surface area (Å²) in [5.41, 5.74) is 3.03. The number of carbonyl (C=O) groups is 2. The first kappa shape index (κ1) is 22.1. The fourth-order valence-electron chi connectivity index (χ4n) is 2.94. The van der Waals surface area contributed by atoms with Crippen molar-refractivity contribution in [2.75, 3.05) is 10.6 Å². The zero-order valence-corrected chi connectivity index (χ0v) is 19.2. The Kier molecular flexibility index (Phi) is 7.71. The highest BCUT2D eigenvalue weighted by Crippen LogP contribution is 2.30. The number of thioether (sulfide) groups is 1. The third-order valence-electron chi connectivity index (χ3n) is 4.55. The van der Waals surface area contributed by atoms with Gasteiger partial charge in [-0.2, -0.15) is 0 Å². The van der Waals surface area contributed by atoms with Gasteiger partial charge >= 0.3 is 0 Å². The number of para-hydroxylation sites is 1. The van der Waals surface area contributed by atoms with Crippen molar-refractivity contribution in [2.24, 2.45) is 0 Å². The minimum atomic E-state index is -0.251. The van der Waals surface area contributed by atoms with Crippen LogP contribution in [0.2, 0.25) is 0 Å². The van der Waals surface area contributed by atoms with Crippen LogP contribution in [0.4, 0.5) is 11.4 Å². The van der Waals surface area contributed by atoms with Crippen LogP contribution in [-0.2, 0) is 4.79 Å². The van der Waals surface area contributed by atoms with E-state index in [1.165, 1.54) is 11.8 Å². The minimum absolute atomic E-state index is 0.0521. The van der Waals surface area contributed by atoms with Gasteiger partial charge in [0.25, 0.3) is 5.91 Å². The molecule has 0 fully saturated rings. The normalized spacial score (nSPS) is 11.6. The molecule has 0 radical (unpaired) electrons. The Morgan fingerprint density at radius 1 is 0.967 bits per heavy atom. The Balaban J connectivity index is 1.68. The topological polar surface area (TPSA) is 58.2 Å². The first-order valence-corrected chi connectivity index (χ1v) is 11.3. The molecule has 3 aromatic carbocycles. The van der Waals surface area contributed by atoms with E-state index in [4.69, 9.17) is 0 Å². The van der Waals surface area contributed by atoms with Crippen LogP contribution in [0, 0.1) is 6.92 Å². The molecular formula is C24H23BrN2O2S. The van der Waals surface area contributed by atoms with E-state index < -0.39 is 0 Å². The highest BCUT2D eigenvalue weighted by molar-refractivity contribution is 9.10. The van der Waals surface area contributed by atoms with E-state index in [0.29, 0.717) is 17.7 Å². The predicted octanol–water partition coefficient (Wildman–Crippen LogP) is 6.52. The maximum absolute atomic E-state index is 12.8. The summed E-state index contributed by atoms with van der Waals surface area (Å²) < 4.78 is 0.846. The molecule has 1 unspecified atom stereocenters. The quantitative estimate of drug-likeness (QED) is 0.376. The average Bonchev–Trinajstić information content (AvgIpc) is 2.74. The molecule has 2 N–H and O–H groups in total. The number of rotatable bonds is 7. The smallest absolute Gasteiger partial charge is 0.255 e. The fraction of sp³-hybridized carbons (Fsp3) is 0.167. The number of carbonyl (C=O) groups excluding carboxylic acids is 2. The van der Waals surface area contributed by atoms with Gasteiger partial charge in [0.2, 0.25) is 5.91 Å². The monoisotopic (exact) mass is 482 g/mol. The second kappa shape index (κ2) is 10.5.